The number of aliphatic hydroxyl groups excluding tert-OH is 1. The molecule has 0 aromatic heterocycles. The standard InChI is InChI=1S/C24H26N2O4S/c1-17(2)8-9-18-10-12-19(13-11-18)24-21-14-25(15-23(28)26(21)22(24)16-27)31(29,30)20-6-4-3-5-7-20/h3-7,10-13,17,21-22,24,27H,14-16H2,1-2H3/t21-,22+,24+/m0/s1. The predicted molar refractivity (Wildman–Crippen MR) is 118 cm³/mol. The molecule has 0 bridgehead atoms. The second-order valence-electron chi connectivity index (χ2n) is 8.30. The van der Waals surface area contributed by atoms with Gasteiger partial charge in [0.25, 0.3) is 0 Å². The van der Waals surface area contributed by atoms with E-state index in [2.05, 4.69) is 11.8 Å². The van der Waals surface area contributed by atoms with E-state index in [1.165, 1.54) is 16.4 Å². The summed E-state index contributed by atoms with van der Waals surface area (Å²) in [5.74, 6) is 6.14. The first-order valence-electron chi connectivity index (χ1n) is 10.4. The minimum atomic E-state index is -3.76. The molecule has 2 aromatic rings. The lowest BCUT2D eigenvalue weighted by atomic mass is 9.74. The van der Waals surface area contributed by atoms with E-state index in [0.717, 1.165) is 11.1 Å². The first kappa shape index (κ1) is 21.6. The number of rotatable bonds is 4. The van der Waals surface area contributed by atoms with E-state index < -0.39 is 10.0 Å². The van der Waals surface area contributed by atoms with Crippen LogP contribution in [0.15, 0.2) is 59.5 Å². The maximum Gasteiger partial charge on any atom is 0.243 e. The van der Waals surface area contributed by atoms with E-state index in [1.54, 1.807) is 23.1 Å². The molecule has 162 valence electrons. The fourth-order valence-electron chi connectivity index (χ4n) is 4.41. The molecule has 4 rings (SSSR count). The third-order valence-corrected chi connectivity index (χ3v) is 7.73. The number of amides is 1. The lowest BCUT2D eigenvalue weighted by Gasteiger charge is -2.58. The summed E-state index contributed by atoms with van der Waals surface area (Å²) in [5.41, 5.74) is 1.88. The zero-order chi connectivity index (χ0) is 22.2. The van der Waals surface area contributed by atoms with Gasteiger partial charge in [-0.1, -0.05) is 56.0 Å². The third kappa shape index (κ3) is 3.99. The van der Waals surface area contributed by atoms with Crippen molar-refractivity contribution < 1.29 is 18.3 Å². The lowest BCUT2D eigenvalue weighted by Crippen LogP contribution is -2.73. The fourth-order valence-corrected chi connectivity index (χ4v) is 5.84. The van der Waals surface area contributed by atoms with Crippen LogP contribution in [-0.2, 0) is 14.8 Å². The van der Waals surface area contributed by atoms with Crippen molar-refractivity contribution in [1.82, 2.24) is 9.21 Å². The van der Waals surface area contributed by atoms with E-state index in [0.29, 0.717) is 0 Å². The van der Waals surface area contributed by atoms with Crippen LogP contribution >= 0.6 is 0 Å². The molecule has 6 nitrogen and oxygen atoms in total. The van der Waals surface area contributed by atoms with Crippen LogP contribution in [0.25, 0.3) is 0 Å². The molecule has 0 spiro atoms. The van der Waals surface area contributed by atoms with Gasteiger partial charge in [0.05, 0.1) is 30.1 Å². The zero-order valence-corrected chi connectivity index (χ0v) is 18.4. The molecule has 2 aliphatic heterocycles. The van der Waals surface area contributed by atoms with Crippen molar-refractivity contribution in [2.75, 3.05) is 19.7 Å². The smallest absolute Gasteiger partial charge is 0.243 e. The molecule has 2 aromatic carbocycles. The Balaban J connectivity index is 1.60. The Morgan fingerprint density at radius 2 is 1.77 bits per heavy atom. The van der Waals surface area contributed by atoms with E-state index in [9.17, 15) is 18.3 Å². The molecular formula is C24H26N2O4S. The summed E-state index contributed by atoms with van der Waals surface area (Å²) < 4.78 is 27.4. The van der Waals surface area contributed by atoms with Gasteiger partial charge in [-0.15, -0.1) is 0 Å². The first-order valence-corrected chi connectivity index (χ1v) is 11.9. The van der Waals surface area contributed by atoms with Gasteiger partial charge in [0.1, 0.15) is 0 Å². The van der Waals surface area contributed by atoms with Crippen LogP contribution in [0.1, 0.15) is 30.9 Å². The van der Waals surface area contributed by atoms with E-state index >= 15 is 0 Å². The van der Waals surface area contributed by atoms with Crippen molar-refractivity contribution in [3.63, 3.8) is 0 Å². The van der Waals surface area contributed by atoms with Crippen molar-refractivity contribution in [3.05, 3.63) is 65.7 Å². The minimum Gasteiger partial charge on any atom is -0.394 e. The zero-order valence-electron chi connectivity index (χ0n) is 17.6. The highest BCUT2D eigenvalue weighted by Crippen LogP contribution is 2.43. The monoisotopic (exact) mass is 438 g/mol. The second-order valence-corrected chi connectivity index (χ2v) is 10.2. The second kappa shape index (κ2) is 8.46. The normalized spacial score (nSPS) is 23.7. The molecule has 0 radical (unpaired) electrons. The maximum absolute atomic E-state index is 13.1. The van der Waals surface area contributed by atoms with Crippen molar-refractivity contribution in [3.8, 4) is 11.8 Å². The number of benzene rings is 2. The van der Waals surface area contributed by atoms with Crippen molar-refractivity contribution in [2.24, 2.45) is 5.92 Å². The quantitative estimate of drug-likeness (QED) is 0.742. The number of hydrogen-bond acceptors (Lipinski definition) is 4. The molecule has 2 aliphatic rings. The van der Waals surface area contributed by atoms with Gasteiger partial charge in [-0.25, -0.2) is 8.42 Å². The molecule has 0 saturated carbocycles. The van der Waals surface area contributed by atoms with Gasteiger partial charge < -0.3 is 10.0 Å². The number of sulfonamides is 1. The summed E-state index contributed by atoms with van der Waals surface area (Å²) in [6, 6.07) is 15.3. The Bertz CT molecular complexity index is 1120. The van der Waals surface area contributed by atoms with Gasteiger partial charge in [0.15, 0.2) is 0 Å². The van der Waals surface area contributed by atoms with Crippen LogP contribution < -0.4 is 0 Å². The predicted octanol–water partition coefficient (Wildman–Crippen LogP) is 2.05. The van der Waals surface area contributed by atoms with Crippen molar-refractivity contribution in [1.29, 1.82) is 0 Å². The molecule has 2 saturated heterocycles. The van der Waals surface area contributed by atoms with Gasteiger partial charge in [0.2, 0.25) is 15.9 Å². The lowest BCUT2D eigenvalue weighted by molar-refractivity contribution is -0.158. The van der Waals surface area contributed by atoms with E-state index in [4.69, 9.17) is 0 Å². The average Bonchev–Trinajstić information content (AvgIpc) is 2.75. The summed E-state index contributed by atoms with van der Waals surface area (Å²) in [5, 5.41) is 9.93. The highest BCUT2D eigenvalue weighted by atomic mass is 32.2. The maximum atomic E-state index is 13.1. The Morgan fingerprint density at radius 1 is 1.10 bits per heavy atom. The minimum absolute atomic E-state index is 0.130. The molecule has 3 atom stereocenters. The van der Waals surface area contributed by atoms with E-state index in [-0.39, 0.29) is 54.4 Å². The van der Waals surface area contributed by atoms with Crippen LogP contribution in [-0.4, -0.2) is 60.4 Å². The average molecular weight is 439 g/mol. The van der Waals surface area contributed by atoms with Gasteiger partial charge in [-0.3, -0.25) is 4.79 Å². The highest BCUT2D eigenvalue weighted by Gasteiger charge is 2.55. The molecule has 31 heavy (non-hydrogen) atoms. The van der Waals surface area contributed by atoms with Crippen LogP contribution in [0, 0.1) is 17.8 Å². The number of hydrogen-bond donors (Lipinski definition) is 1. The fraction of sp³-hybridized carbons (Fsp3) is 0.375. The van der Waals surface area contributed by atoms with Gasteiger partial charge >= 0.3 is 0 Å². The molecule has 7 heteroatoms. The summed E-state index contributed by atoms with van der Waals surface area (Å²) in [4.78, 5) is 14.6. The van der Waals surface area contributed by atoms with Gasteiger partial charge in [0, 0.05) is 23.9 Å². The van der Waals surface area contributed by atoms with Crippen LogP contribution in [0.3, 0.4) is 0 Å². The Morgan fingerprint density at radius 3 is 2.39 bits per heavy atom. The number of piperazine rings is 1. The molecule has 2 heterocycles. The van der Waals surface area contributed by atoms with Crippen molar-refractivity contribution in [2.45, 2.75) is 36.7 Å². The number of fused-ring (bicyclic) bond motifs is 1. The topological polar surface area (TPSA) is 77.9 Å². The number of nitrogens with zero attached hydrogens (tertiary/aromatic N) is 2. The number of carbonyl (C=O) groups is 1. The molecule has 2 fully saturated rings. The summed E-state index contributed by atoms with van der Waals surface area (Å²) in [6.45, 7) is 3.91. The molecule has 0 aliphatic carbocycles. The van der Waals surface area contributed by atoms with Crippen molar-refractivity contribution >= 4 is 15.9 Å². The first-order chi connectivity index (χ1) is 14.8. The SMILES string of the molecule is CC(C)C#Cc1ccc([C@H]2[C@@H](CO)N3C(=O)CN(S(=O)(=O)c4ccccc4)C[C@@H]23)cc1. The Labute approximate surface area is 183 Å². The summed E-state index contributed by atoms with van der Waals surface area (Å²) in [7, 11) is -3.76. The Kier molecular flexibility index (Phi) is 5.89. The molecule has 1 N–H and O–H groups in total. The third-order valence-electron chi connectivity index (χ3n) is 5.90. The van der Waals surface area contributed by atoms with E-state index in [1.807, 2.05) is 38.1 Å². The Hall–Kier alpha value is -2.66. The van der Waals surface area contributed by atoms with Crippen LogP contribution in [0.2, 0.25) is 0 Å². The number of carbonyl (C=O) groups excluding carboxylic acids is 1. The van der Waals surface area contributed by atoms with Crippen LogP contribution in [0.4, 0.5) is 0 Å². The van der Waals surface area contributed by atoms with Crippen LogP contribution in [0.5, 0.6) is 0 Å². The number of aliphatic hydroxyl groups is 1. The molecule has 0 unspecified atom stereocenters. The summed E-state index contributed by atoms with van der Waals surface area (Å²) >= 11 is 0. The highest BCUT2D eigenvalue weighted by molar-refractivity contribution is 7.89. The van der Waals surface area contributed by atoms with Gasteiger partial charge in [-0.05, 0) is 29.8 Å². The molecule has 1 amide bonds. The summed E-state index contributed by atoms with van der Waals surface area (Å²) in [6.07, 6.45) is 0. The molecular weight excluding hydrogens is 412 g/mol. The largest absolute Gasteiger partial charge is 0.394 e. The van der Waals surface area contributed by atoms with Gasteiger partial charge in [-0.2, -0.15) is 4.31 Å².